The predicted molar refractivity (Wildman–Crippen MR) is 136 cm³/mol. The van der Waals surface area contributed by atoms with Gasteiger partial charge in [0.2, 0.25) is 0 Å². The first-order chi connectivity index (χ1) is 14.3. The molecule has 2 fully saturated rings. The SMILES string of the molecule is CCNC(=NCc1ccc(CN2CCCC2)cc1)NCCCCN1CCOCC1.I. The highest BCUT2D eigenvalue weighted by Crippen LogP contribution is 2.13. The van der Waals surface area contributed by atoms with Crippen LogP contribution >= 0.6 is 24.0 Å². The Balaban J connectivity index is 0.00000320. The summed E-state index contributed by atoms with van der Waals surface area (Å²) in [6.07, 6.45) is 5.07. The molecule has 0 radical (unpaired) electrons. The van der Waals surface area contributed by atoms with Crippen molar-refractivity contribution in [2.45, 2.75) is 45.7 Å². The number of ether oxygens (including phenoxy) is 1. The molecule has 7 heteroatoms. The van der Waals surface area contributed by atoms with Crippen molar-refractivity contribution < 1.29 is 4.74 Å². The van der Waals surface area contributed by atoms with Crippen molar-refractivity contribution in [3.05, 3.63) is 35.4 Å². The lowest BCUT2D eigenvalue weighted by Crippen LogP contribution is -2.39. The molecule has 3 rings (SSSR count). The van der Waals surface area contributed by atoms with Crippen LogP contribution in [-0.2, 0) is 17.8 Å². The fourth-order valence-corrected chi connectivity index (χ4v) is 3.95. The monoisotopic (exact) mass is 529 g/mol. The molecule has 0 unspecified atom stereocenters. The van der Waals surface area contributed by atoms with Crippen molar-refractivity contribution in [2.24, 2.45) is 4.99 Å². The molecule has 2 heterocycles. The summed E-state index contributed by atoms with van der Waals surface area (Å²) in [4.78, 5) is 9.80. The Morgan fingerprint density at radius 2 is 1.63 bits per heavy atom. The van der Waals surface area contributed by atoms with Crippen LogP contribution in [0.25, 0.3) is 0 Å². The lowest BCUT2D eigenvalue weighted by molar-refractivity contribution is 0.0372. The van der Waals surface area contributed by atoms with E-state index in [0.29, 0.717) is 6.54 Å². The van der Waals surface area contributed by atoms with Gasteiger partial charge >= 0.3 is 0 Å². The standard InChI is InChI=1S/C23H39N5O.HI/c1-2-24-23(25-11-3-4-12-27-15-17-29-18-16-27)26-19-21-7-9-22(10-8-21)20-28-13-5-6-14-28;/h7-10H,2-6,11-20H2,1H3,(H2,24,25,26);1H. The number of rotatable bonds is 10. The average Bonchev–Trinajstić information content (AvgIpc) is 3.26. The van der Waals surface area contributed by atoms with Gasteiger partial charge in [-0.1, -0.05) is 24.3 Å². The van der Waals surface area contributed by atoms with Gasteiger partial charge in [0.25, 0.3) is 0 Å². The molecule has 0 atom stereocenters. The zero-order chi connectivity index (χ0) is 20.2. The van der Waals surface area contributed by atoms with Gasteiger partial charge in [0.05, 0.1) is 19.8 Å². The van der Waals surface area contributed by atoms with Crippen LogP contribution in [-0.4, -0.2) is 74.8 Å². The second kappa shape index (κ2) is 15.0. The summed E-state index contributed by atoms with van der Waals surface area (Å²) in [6.45, 7) is 13.3. The van der Waals surface area contributed by atoms with Crippen molar-refractivity contribution in [3.8, 4) is 0 Å². The highest BCUT2D eigenvalue weighted by Gasteiger charge is 2.11. The number of hydrogen-bond acceptors (Lipinski definition) is 4. The first kappa shape index (κ1) is 25.4. The maximum Gasteiger partial charge on any atom is 0.191 e. The smallest absolute Gasteiger partial charge is 0.191 e. The van der Waals surface area contributed by atoms with Gasteiger partial charge in [-0.05, 0) is 63.4 Å². The van der Waals surface area contributed by atoms with E-state index in [1.807, 2.05) is 0 Å². The number of guanidine groups is 1. The van der Waals surface area contributed by atoms with Crippen molar-refractivity contribution in [2.75, 3.05) is 59.0 Å². The van der Waals surface area contributed by atoms with Gasteiger partial charge in [-0.3, -0.25) is 9.80 Å². The third kappa shape index (κ3) is 9.49. The van der Waals surface area contributed by atoms with Crippen LogP contribution in [0.1, 0.15) is 43.7 Å². The molecule has 2 aliphatic heterocycles. The average molecular weight is 530 g/mol. The molecule has 1 aromatic carbocycles. The van der Waals surface area contributed by atoms with Crippen molar-refractivity contribution >= 4 is 29.9 Å². The molecule has 2 saturated heterocycles. The van der Waals surface area contributed by atoms with Crippen LogP contribution in [0, 0.1) is 0 Å². The minimum atomic E-state index is 0. The van der Waals surface area contributed by atoms with Crippen LogP contribution < -0.4 is 10.6 Å². The van der Waals surface area contributed by atoms with E-state index in [-0.39, 0.29) is 24.0 Å². The molecule has 0 bridgehead atoms. The number of likely N-dealkylation sites (tertiary alicyclic amines) is 1. The normalized spacial score (nSPS) is 18.2. The third-order valence-electron chi connectivity index (χ3n) is 5.69. The number of halogens is 1. The first-order valence-electron chi connectivity index (χ1n) is 11.5. The summed E-state index contributed by atoms with van der Waals surface area (Å²) in [7, 11) is 0. The molecule has 6 nitrogen and oxygen atoms in total. The minimum Gasteiger partial charge on any atom is -0.379 e. The molecule has 0 aromatic heterocycles. The number of morpholine rings is 1. The van der Waals surface area contributed by atoms with Gasteiger partial charge in [0.1, 0.15) is 0 Å². The minimum absolute atomic E-state index is 0. The highest BCUT2D eigenvalue weighted by molar-refractivity contribution is 14.0. The van der Waals surface area contributed by atoms with Gasteiger partial charge in [0, 0.05) is 32.7 Å². The first-order valence-corrected chi connectivity index (χ1v) is 11.5. The van der Waals surface area contributed by atoms with Gasteiger partial charge < -0.3 is 15.4 Å². The van der Waals surface area contributed by atoms with E-state index in [9.17, 15) is 0 Å². The fourth-order valence-electron chi connectivity index (χ4n) is 3.95. The molecule has 0 saturated carbocycles. The topological polar surface area (TPSA) is 52.1 Å². The summed E-state index contributed by atoms with van der Waals surface area (Å²) in [5.41, 5.74) is 2.67. The zero-order valence-electron chi connectivity index (χ0n) is 18.6. The van der Waals surface area contributed by atoms with E-state index in [1.165, 1.54) is 50.0 Å². The van der Waals surface area contributed by atoms with Crippen molar-refractivity contribution in [1.82, 2.24) is 20.4 Å². The van der Waals surface area contributed by atoms with E-state index in [1.54, 1.807) is 0 Å². The van der Waals surface area contributed by atoms with E-state index < -0.39 is 0 Å². The van der Waals surface area contributed by atoms with E-state index in [2.05, 4.69) is 51.6 Å². The highest BCUT2D eigenvalue weighted by atomic mass is 127. The van der Waals surface area contributed by atoms with Crippen LogP contribution in [0.5, 0.6) is 0 Å². The Kier molecular flexibility index (Phi) is 12.7. The second-order valence-electron chi connectivity index (χ2n) is 8.08. The molecule has 0 amide bonds. The molecule has 0 spiro atoms. The zero-order valence-corrected chi connectivity index (χ0v) is 20.9. The van der Waals surface area contributed by atoms with Gasteiger partial charge in [0.15, 0.2) is 5.96 Å². The van der Waals surface area contributed by atoms with Crippen molar-refractivity contribution in [3.63, 3.8) is 0 Å². The maximum absolute atomic E-state index is 5.40. The molecule has 0 aliphatic carbocycles. The predicted octanol–water partition coefficient (Wildman–Crippen LogP) is 3.07. The number of unbranched alkanes of at least 4 members (excludes halogenated alkanes) is 1. The lowest BCUT2D eigenvalue weighted by atomic mass is 10.1. The van der Waals surface area contributed by atoms with Crippen LogP contribution in [0.3, 0.4) is 0 Å². The second-order valence-corrected chi connectivity index (χ2v) is 8.08. The van der Waals surface area contributed by atoms with Crippen molar-refractivity contribution in [1.29, 1.82) is 0 Å². The molecule has 2 aliphatic rings. The number of nitrogens with zero attached hydrogens (tertiary/aromatic N) is 3. The number of benzene rings is 1. The Hall–Kier alpha value is -0.900. The van der Waals surface area contributed by atoms with Gasteiger partial charge in [-0.15, -0.1) is 24.0 Å². The van der Waals surface area contributed by atoms with Crippen LogP contribution in [0.2, 0.25) is 0 Å². The number of aliphatic imine (C=N–C) groups is 1. The molecular weight excluding hydrogens is 489 g/mol. The van der Waals surface area contributed by atoms with Crippen LogP contribution in [0.4, 0.5) is 0 Å². The fraction of sp³-hybridized carbons (Fsp3) is 0.696. The number of hydrogen-bond donors (Lipinski definition) is 2. The van der Waals surface area contributed by atoms with Gasteiger partial charge in [-0.2, -0.15) is 0 Å². The summed E-state index contributed by atoms with van der Waals surface area (Å²) in [5.74, 6) is 0.917. The quantitative estimate of drug-likeness (QED) is 0.211. The Bertz CT molecular complexity index is 598. The lowest BCUT2D eigenvalue weighted by Gasteiger charge is -2.26. The Labute approximate surface area is 199 Å². The summed E-state index contributed by atoms with van der Waals surface area (Å²) in [6, 6.07) is 8.96. The third-order valence-corrected chi connectivity index (χ3v) is 5.69. The Morgan fingerprint density at radius 3 is 2.33 bits per heavy atom. The van der Waals surface area contributed by atoms with Crippen LogP contribution in [0.15, 0.2) is 29.3 Å². The Morgan fingerprint density at radius 1 is 0.933 bits per heavy atom. The summed E-state index contributed by atoms with van der Waals surface area (Å²) in [5, 5.41) is 6.84. The summed E-state index contributed by atoms with van der Waals surface area (Å²) < 4.78 is 5.40. The molecule has 2 N–H and O–H groups in total. The molecule has 30 heavy (non-hydrogen) atoms. The molecular formula is C23H40IN5O. The number of nitrogens with one attached hydrogen (secondary N) is 2. The molecule has 1 aromatic rings. The largest absolute Gasteiger partial charge is 0.379 e. The van der Waals surface area contributed by atoms with Gasteiger partial charge in [-0.25, -0.2) is 4.99 Å². The van der Waals surface area contributed by atoms with E-state index >= 15 is 0 Å². The summed E-state index contributed by atoms with van der Waals surface area (Å²) >= 11 is 0. The van der Waals surface area contributed by atoms with E-state index in [0.717, 1.165) is 58.3 Å². The maximum atomic E-state index is 5.40. The van der Waals surface area contributed by atoms with E-state index in [4.69, 9.17) is 9.73 Å². The molecule has 170 valence electrons.